The maximum atomic E-state index is 13.3. The zero-order chi connectivity index (χ0) is 23.3. The van der Waals surface area contributed by atoms with E-state index in [1.165, 1.54) is 19.5 Å². The van der Waals surface area contributed by atoms with Crippen molar-refractivity contribution in [1.29, 1.82) is 0 Å². The summed E-state index contributed by atoms with van der Waals surface area (Å²) in [6.45, 7) is 2.50. The molecule has 0 unspecified atom stereocenters. The Labute approximate surface area is 199 Å². The third-order valence-corrected chi connectivity index (χ3v) is 6.78. The Bertz CT molecular complexity index is 1370. The van der Waals surface area contributed by atoms with E-state index in [1.807, 2.05) is 19.1 Å². The van der Waals surface area contributed by atoms with Gasteiger partial charge in [-0.05, 0) is 30.7 Å². The summed E-state index contributed by atoms with van der Waals surface area (Å²) in [5.74, 6) is 0.789. The first kappa shape index (κ1) is 21.5. The van der Waals surface area contributed by atoms with Crippen molar-refractivity contribution in [3.63, 3.8) is 0 Å². The number of nitrogens with one attached hydrogen (secondary N) is 1. The summed E-state index contributed by atoms with van der Waals surface area (Å²) in [5.41, 5.74) is 10.2. The lowest BCUT2D eigenvalue weighted by Gasteiger charge is -2.33. The number of methoxy groups -OCH3 is 1. The Morgan fingerprint density at radius 2 is 1.97 bits per heavy atom. The molecule has 168 valence electrons. The molecule has 33 heavy (non-hydrogen) atoms. The number of benzene rings is 1. The van der Waals surface area contributed by atoms with Gasteiger partial charge >= 0.3 is 0 Å². The summed E-state index contributed by atoms with van der Waals surface area (Å²) in [5, 5.41) is 1.78. The van der Waals surface area contributed by atoms with E-state index < -0.39 is 0 Å². The van der Waals surface area contributed by atoms with Crippen LogP contribution >= 0.6 is 23.2 Å². The minimum absolute atomic E-state index is 0.120. The Balaban J connectivity index is 1.64. The maximum absolute atomic E-state index is 13.3. The fourth-order valence-electron chi connectivity index (χ4n) is 4.36. The molecule has 10 heteroatoms. The third kappa shape index (κ3) is 3.55. The van der Waals surface area contributed by atoms with E-state index in [0.717, 1.165) is 33.3 Å². The molecular weight excluding hydrogens is 463 g/mol. The number of nitrogens with two attached hydrogens (primary N) is 1. The Kier molecular flexibility index (Phi) is 5.34. The summed E-state index contributed by atoms with van der Waals surface area (Å²) < 4.78 is 5.09. The molecule has 1 amide bonds. The van der Waals surface area contributed by atoms with Gasteiger partial charge in [-0.25, -0.2) is 15.0 Å². The molecule has 5 rings (SSSR count). The average Bonchev–Trinajstić information content (AvgIpc) is 3.23. The van der Waals surface area contributed by atoms with Gasteiger partial charge < -0.3 is 20.4 Å². The van der Waals surface area contributed by atoms with Crippen LogP contribution in [0.2, 0.25) is 10.0 Å². The number of nitrogen functional groups attached to an aromatic ring is 1. The van der Waals surface area contributed by atoms with Gasteiger partial charge in [0, 0.05) is 41.4 Å². The van der Waals surface area contributed by atoms with E-state index in [1.54, 1.807) is 17.2 Å². The number of amides is 1. The van der Waals surface area contributed by atoms with E-state index in [-0.39, 0.29) is 17.8 Å². The van der Waals surface area contributed by atoms with Crippen LogP contribution in [-0.2, 0) is 6.42 Å². The quantitative estimate of drug-likeness (QED) is 0.438. The molecule has 4 aromatic rings. The standard InChI is InChI=1S/C23H20Cl2N6O2/c1-11-18-16(5-6-31(11)23(32)22-28-9-13(33-2)10-29-22)30-21-19(18)14(7-15(24)20(21)25)12-3-4-17(26)27-8-12/h3-4,7-11,30H,5-6H2,1-2H3,(H2,26,27)/t11-/m1/s1. The molecule has 0 fully saturated rings. The summed E-state index contributed by atoms with van der Waals surface area (Å²) in [6, 6.07) is 5.21. The first-order valence-electron chi connectivity index (χ1n) is 10.3. The van der Waals surface area contributed by atoms with Crippen LogP contribution < -0.4 is 10.5 Å². The number of H-pyrrole nitrogens is 1. The normalized spacial score (nSPS) is 15.5. The van der Waals surface area contributed by atoms with Crippen LogP contribution in [-0.4, -0.2) is 44.4 Å². The van der Waals surface area contributed by atoms with Crippen LogP contribution in [0.1, 0.15) is 34.8 Å². The number of halogens is 2. The first-order valence-corrected chi connectivity index (χ1v) is 11.1. The fourth-order valence-corrected chi connectivity index (χ4v) is 4.76. The van der Waals surface area contributed by atoms with Crippen LogP contribution in [0.25, 0.3) is 22.0 Å². The first-order chi connectivity index (χ1) is 15.9. The number of aromatic amines is 1. The molecule has 1 aliphatic heterocycles. The molecule has 0 saturated carbocycles. The SMILES string of the molecule is COc1cnc(C(=O)N2CCc3[nH]c4c(Cl)c(Cl)cc(-c5ccc(N)nc5)c4c3[C@H]2C)nc1. The lowest BCUT2D eigenvalue weighted by Crippen LogP contribution is -2.39. The molecule has 4 heterocycles. The molecule has 3 aromatic heterocycles. The Morgan fingerprint density at radius 1 is 1.21 bits per heavy atom. The minimum Gasteiger partial charge on any atom is -0.494 e. The van der Waals surface area contributed by atoms with Gasteiger partial charge in [0.15, 0.2) is 5.75 Å². The van der Waals surface area contributed by atoms with Crippen molar-refractivity contribution in [3.05, 3.63) is 63.9 Å². The molecule has 3 N–H and O–H groups in total. The van der Waals surface area contributed by atoms with Gasteiger partial charge in [-0.3, -0.25) is 4.79 Å². The van der Waals surface area contributed by atoms with Gasteiger partial charge in [0.2, 0.25) is 5.82 Å². The van der Waals surface area contributed by atoms with Gasteiger partial charge in [-0.2, -0.15) is 0 Å². The smallest absolute Gasteiger partial charge is 0.292 e. The molecule has 0 spiro atoms. The zero-order valence-corrected chi connectivity index (χ0v) is 19.4. The number of rotatable bonds is 3. The van der Waals surface area contributed by atoms with Gasteiger partial charge in [0.25, 0.3) is 5.91 Å². The Hall–Kier alpha value is -3.36. The number of ether oxygens (including phenoxy) is 1. The van der Waals surface area contributed by atoms with Crippen molar-refractivity contribution in [3.8, 4) is 16.9 Å². The molecule has 0 radical (unpaired) electrons. The highest BCUT2D eigenvalue weighted by Crippen LogP contribution is 2.45. The van der Waals surface area contributed by atoms with E-state index in [2.05, 4.69) is 19.9 Å². The number of carbonyl (C=O) groups is 1. The van der Waals surface area contributed by atoms with E-state index in [9.17, 15) is 4.79 Å². The molecule has 1 aliphatic rings. The lowest BCUT2D eigenvalue weighted by molar-refractivity contribution is 0.0665. The second-order valence-electron chi connectivity index (χ2n) is 7.83. The van der Waals surface area contributed by atoms with Crippen molar-refractivity contribution in [2.45, 2.75) is 19.4 Å². The fraction of sp³-hybridized carbons (Fsp3) is 0.217. The van der Waals surface area contributed by atoms with E-state index >= 15 is 0 Å². The molecule has 1 atom stereocenters. The monoisotopic (exact) mass is 482 g/mol. The van der Waals surface area contributed by atoms with Crippen molar-refractivity contribution in [1.82, 2.24) is 24.8 Å². The number of hydrogen-bond donors (Lipinski definition) is 2. The number of fused-ring (bicyclic) bond motifs is 3. The summed E-state index contributed by atoms with van der Waals surface area (Å²) in [4.78, 5) is 31.1. The summed E-state index contributed by atoms with van der Waals surface area (Å²) in [7, 11) is 1.52. The number of aromatic nitrogens is 4. The van der Waals surface area contributed by atoms with Crippen LogP contribution in [0.5, 0.6) is 5.75 Å². The van der Waals surface area contributed by atoms with Crippen LogP contribution in [0.3, 0.4) is 0 Å². The van der Waals surface area contributed by atoms with Gasteiger partial charge in [-0.15, -0.1) is 0 Å². The van der Waals surface area contributed by atoms with Crippen LogP contribution in [0.15, 0.2) is 36.8 Å². The number of nitrogens with zero attached hydrogens (tertiary/aromatic N) is 4. The predicted octanol–water partition coefficient (Wildman–Crippen LogP) is 4.68. The minimum atomic E-state index is -0.251. The predicted molar refractivity (Wildman–Crippen MR) is 128 cm³/mol. The van der Waals surface area contributed by atoms with E-state index in [4.69, 9.17) is 33.7 Å². The van der Waals surface area contributed by atoms with Crippen LogP contribution in [0.4, 0.5) is 5.82 Å². The van der Waals surface area contributed by atoms with Crippen molar-refractivity contribution in [2.75, 3.05) is 19.4 Å². The topological polar surface area (TPSA) is 110 Å². The second kappa shape index (κ2) is 8.20. The number of carbonyl (C=O) groups excluding carboxylic acids is 1. The van der Waals surface area contributed by atoms with Crippen molar-refractivity contribution < 1.29 is 9.53 Å². The average molecular weight is 483 g/mol. The highest BCUT2D eigenvalue weighted by atomic mass is 35.5. The lowest BCUT2D eigenvalue weighted by atomic mass is 9.92. The van der Waals surface area contributed by atoms with Crippen molar-refractivity contribution in [2.24, 2.45) is 0 Å². The number of pyridine rings is 1. The maximum Gasteiger partial charge on any atom is 0.292 e. The second-order valence-corrected chi connectivity index (χ2v) is 8.62. The molecule has 0 bridgehead atoms. The summed E-state index contributed by atoms with van der Waals surface area (Å²) >= 11 is 13.1. The molecule has 0 aliphatic carbocycles. The van der Waals surface area contributed by atoms with Gasteiger partial charge in [0.1, 0.15) is 5.82 Å². The molecule has 0 saturated heterocycles. The van der Waals surface area contributed by atoms with Gasteiger partial charge in [-0.1, -0.05) is 23.2 Å². The van der Waals surface area contributed by atoms with Crippen LogP contribution in [0, 0.1) is 0 Å². The van der Waals surface area contributed by atoms with E-state index in [0.29, 0.717) is 34.6 Å². The Morgan fingerprint density at radius 3 is 2.64 bits per heavy atom. The summed E-state index contributed by atoms with van der Waals surface area (Å²) in [6.07, 6.45) is 5.30. The third-order valence-electron chi connectivity index (χ3n) is 5.99. The largest absolute Gasteiger partial charge is 0.494 e. The molecular formula is C23H20Cl2N6O2. The molecule has 8 nitrogen and oxygen atoms in total. The number of anilines is 1. The highest BCUT2D eigenvalue weighted by Gasteiger charge is 2.34. The molecule has 1 aromatic carbocycles. The zero-order valence-electron chi connectivity index (χ0n) is 17.9. The highest BCUT2D eigenvalue weighted by molar-refractivity contribution is 6.45. The van der Waals surface area contributed by atoms with Crippen molar-refractivity contribution >= 4 is 45.8 Å². The van der Waals surface area contributed by atoms with Gasteiger partial charge in [0.05, 0.1) is 41.1 Å². The number of hydrogen-bond acceptors (Lipinski definition) is 6.